The van der Waals surface area contributed by atoms with Gasteiger partial charge in [-0.1, -0.05) is 211 Å². The number of ether oxygens (including phenoxy) is 2. The van der Waals surface area contributed by atoms with Crippen molar-refractivity contribution in [1.29, 1.82) is 0 Å². The largest absolute Gasteiger partial charge is 0.756 e. The van der Waals surface area contributed by atoms with E-state index in [1.165, 1.54) is 154 Å². The van der Waals surface area contributed by atoms with Crippen LogP contribution in [-0.2, 0) is 32.7 Å². The summed E-state index contributed by atoms with van der Waals surface area (Å²) < 4.78 is 34.0. The van der Waals surface area contributed by atoms with E-state index in [1.54, 1.807) is 0 Å². The minimum Gasteiger partial charge on any atom is -0.756 e. The predicted octanol–water partition coefficient (Wildman–Crippen LogP) is 15.8. The Kier molecular flexibility index (Phi) is 46.0. The second kappa shape index (κ2) is 47.3. The van der Waals surface area contributed by atoms with Crippen molar-refractivity contribution < 1.29 is 42.1 Å². The number of carbonyl (C=O) groups is 2. The van der Waals surface area contributed by atoms with E-state index in [2.05, 4.69) is 50.3 Å². The first-order chi connectivity index (χ1) is 31.5. The first kappa shape index (κ1) is 63.2. The zero-order valence-corrected chi connectivity index (χ0v) is 44.1. The van der Waals surface area contributed by atoms with Crippen LogP contribution < -0.4 is 4.89 Å². The Labute approximate surface area is 401 Å². The maximum absolute atomic E-state index is 12.7. The Morgan fingerprint density at radius 2 is 0.846 bits per heavy atom. The van der Waals surface area contributed by atoms with E-state index in [1.807, 2.05) is 21.1 Å². The molecule has 0 aromatic rings. The van der Waals surface area contributed by atoms with E-state index >= 15 is 0 Å². The summed E-state index contributed by atoms with van der Waals surface area (Å²) in [5, 5.41) is 0. The lowest BCUT2D eigenvalue weighted by Gasteiger charge is -2.28. The first-order valence-corrected chi connectivity index (χ1v) is 28.7. The molecule has 0 aliphatic carbocycles. The average molecular weight is 938 g/mol. The summed E-state index contributed by atoms with van der Waals surface area (Å²) in [6.07, 6.45) is 56.2. The number of carbonyl (C=O) groups excluding carboxylic acids is 2. The topological polar surface area (TPSA) is 111 Å². The lowest BCUT2D eigenvalue weighted by Crippen LogP contribution is -2.37. The van der Waals surface area contributed by atoms with Gasteiger partial charge < -0.3 is 27.9 Å². The monoisotopic (exact) mass is 938 g/mol. The number of hydrogen-bond donors (Lipinski definition) is 0. The summed E-state index contributed by atoms with van der Waals surface area (Å²) in [5.74, 6) is -0.842. The second-order valence-corrected chi connectivity index (χ2v) is 21.0. The summed E-state index contributed by atoms with van der Waals surface area (Å²) in [6.45, 7) is 4.20. The van der Waals surface area contributed by atoms with Gasteiger partial charge in [0.05, 0.1) is 27.7 Å². The number of likely N-dealkylation sites (N-methyl/N-ethyl adjacent to an activating group) is 1. The molecule has 2 unspecified atom stereocenters. The molecule has 0 amide bonds. The third-order valence-corrected chi connectivity index (χ3v) is 12.8. The molecule has 0 spiro atoms. The van der Waals surface area contributed by atoms with Gasteiger partial charge in [0.1, 0.15) is 19.8 Å². The standard InChI is InChI=1S/C55H104NO8P/c1-6-8-10-12-14-16-18-20-22-23-24-25-26-27-28-29-30-31-32-33-34-36-37-39-41-43-45-47-54(57)61-51-53(52-63-65(59,60)62-50-49-56(3,4)5)64-55(58)48-46-44-42-40-38-35-21-19-17-15-13-11-9-7-2/h13,15,19,21,23-24,53H,6-12,14,16-18,20,22,25-52H2,1-5H3/b15-13-,21-19-,24-23-. The molecular formula is C55H104NO8P. The fourth-order valence-electron chi connectivity index (χ4n) is 7.61. The van der Waals surface area contributed by atoms with E-state index in [4.69, 9.17) is 18.5 Å². The summed E-state index contributed by atoms with van der Waals surface area (Å²) >= 11 is 0. The van der Waals surface area contributed by atoms with Crippen LogP contribution in [-0.4, -0.2) is 70.0 Å². The van der Waals surface area contributed by atoms with Crippen molar-refractivity contribution in [1.82, 2.24) is 0 Å². The molecule has 0 fully saturated rings. The number of esters is 2. The number of quaternary nitrogens is 1. The van der Waals surface area contributed by atoms with Crippen LogP contribution in [0.3, 0.4) is 0 Å². The van der Waals surface area contributed by atoms with Gasteiger partial charge in [0, 0.05) is 12.8 Å². The lowest BCUT2D eigenvalue weighted by molar-refractivity contribution is -0.870. The van der Waals surface area contributed by atoms with Gasteiger partial charge in [0.25, 0.3) is 7.82 Å². The molecule has 2 atom stereocenters. The Balaban J connectivity index is 4.10. The molecule has 0 bridgehead atoms. The first-order valence-electron chi connectivity index (χ1n) is 27.2. The zero-order valence-electron chi connectivity index (χ0n) is 43.2. The second-order valence-electron chi connectivity index (χ2n) is 19.6. The molecule has 0 heterocycles. The number of phosphoric acid groups is 1. The number of allylic oxidation sites excluding steroid dienone is 6. The molecule has 0 rings (SSSR count). The van der Waals surface area contributed by atoms with Crippen molar-refractivity contribution in [3.05, 3.63) is 36.5 Å². The van der Waals surface area contributed by atoms with E-state index in [-0.39, 0.29) is 32.0 Å². The third kappa shape index (κ3) is 51.5. The SMILES string of the molecule is CCCC/C=C\C/C=C\CCCCCCCC(=O)OC(COC(=O)CCCCCCCCCCCCCCCCC/C=C\CCCCCCCCCC)COP(=O)([O-])OCC[N+](C)(C)C. The molecular weight excluding hydrogens is 834 g/mol. The van der Waals surface area contributed by atoms with Gasteiger partial charge in [0.15, 0.2) is 6.10 Å². The highest BCUT2D eigenvalue weighted by atomic mass is 31.2. The average Bonchev–Trinajstić information content (AvgIpc) is 3.26. The van der Waals surface area contributed by atoms with Crippen LogP contribution >= 0.6 is 7.82 Å². The predicted molar refractivity (Wildman–Crippen MR) is 273 cm³/mol. The number of nitrogens with zero attached hydrogens (tertiary/aromatic N) is 1. The number of rotatable bonds is 50. The van der Waals surface area contributed by atoms with Crippen molar-refractivity contribution in [2.24, 2.45) is 0 Å². The lowest BCUT2D eigenvalue weighted by atomic mass is 10.0. The van der Waals surface area contributed by atoms with Gasteiger partial charge in [-0.2, -0.15) is 0 Å². The Bertz CT molecular complexity index is 1200. The van der Waals surface area contributed by atoms with Crippen molar-refractivity contribution in [2.75, 3.05) is 47.5 Å². The van der Waals surface area contributed by atoms with Crippen LogP contribution in [0.4, 0.5) is 0 Å². The molecule has 9 nitrogen and oxygen atoms in total. The molecule has 10 heteroatoms. The molecule has 0 N–H and O–H groups in total. The van der Waals surface area contributed by atoms with Crippen molar-refractivity contribution in [3.63, 3.8) is 0 Å². The minimum atomic E-state index is -4.63. The van der Waals surface area contributed by atoms with Gasteiger partial charge >= 0.3 is 11.9 Å². The zero-order chi connectivity index (χ0) is 47.8. The summed E-state index contributed by atoms with van der Waals surface area (Å²) in [7, 11) is 1.16. The van der Waals surface area contributed by atoms with Gasteiger partial charge in [-0.05, 0) is 64.2 Å². The molecule has 0 aromatic heterocycles. The Morgan fingerprint density at radius 1 is 0.477 bits per heavy atom. The molecule has 65 heavy (non-hydrogen) atoms. The van der Waals surface area contributed by atoms with Crippen LogP contribution in [0.15, 0.2) is 36.5 Å². The summed E-state index contributed by atoms with van der Waals surface area (Å²) in [5.41, 5.74) is 0. The van der Waals surface area contributed by atoms with Crippen LogP contribution in [0.2, 0.25) is 0 Å². The quantitative estimate of drug-likeness (QED) is 0.0195. The van der Waals surface area contributed by atoms with Gasteiger partial charge in [0.2, 0.25) is 0 Å². The molecule has 0 aliphatic rings. The van der Waals surface area contributed by atoms with Crippen LogP contribution in [0.1, 0.15) is 251 Å². The van der Waals surface area contributed by atoms with E-state index in [9.17, 15) is 19.0 Å². The van der Waals surface area contributed by atoms with Crippen LogP contribution in [0.5, 0.6) is 0 Å². The van der Waals surface area contributed by atoms with E-state index in [0.29, 0.717) is 17.4 Å². The normalized spacial score (nSPS) is 13.6. The number of phosphoric ester groups is 1. The smallest absolute Gasteiger partial charge is 0.306 e. The highest BCUT2D eigenvalue weighted by Crippen LogP contribution is 2.38. The van der Waals surface area contributed by atoms with E-state index < -0.39 is 26.5 Å². The summed E-state index contributed by atoms with van der Waals surface area (Å²) in [4.78, 5) is 37.7. The molecule has 0 aromatic carbocycles. The third-order valence-electron chi connectivity index (χ3n) is 11.9. The van der Waals surface area contributed by atoms with E-state index in [0.717, 1.165) is 64.2 Å². The number of unbranched alkanes of at least 4 members (excludes halogenated alkanes) is 30. The van der Waals surface area contributed by atoms with Crippen LogP contribution in [0.25, 0.3) is 0 Å². The molecule has 0 saturated heterocycles. The fourth-order valence-corrected chi connectivity index (χ4v) is 8.34. The fraction of sp³-hybridized carbons (Fsp3) is 0.855. The number of hydrogen-bond acceptors (Lipinski definition) is 8. The molecule has 0 saturated carbocycles. The Hall–Kier alpha value is -1.77. The minimum absolute atomic E-state index is 0.0329. The highest BCUT2D eigenvalue weighted by Gasteiger charge is 2.21. The van der Waals surface area contributed by atoms with Gasteiger partial charge in [-0.15, -0.1) is 0 Å². The molecule has 0 radical (unpaired) electrons. The van der Waals surface area contributed by atoms with Gasteiger partial charge in [-0.25, -0.2) is 0 Å². The highest BCUT2D eigenvalue weighted by molar-refractivity contribution is 7.45. The maximum Gasteiger partial charge on any atom is 0.306 e. The van der Waals surface area contributed by atoms with Gasteiger partial charge in [-0.3, -0.25) is 14.2 Å². The van der Waals surface area contributed by atoms with Crippen molar-refractivity contribution >= 4 is 19.8 Å². The van der Waals surface area contributed by atoms with Crippen LogP contribution in [0, 0.1) is 0 Å². The molecule has 382 valence electrons. The molecule has 0 aliphatic heterocycles. The van der Waals surface area contributed by atoms with Crippen molar-refractivity contribution in [3.8, 4) is 0 Å². The Morgan fingerprint density at radius 3 is 1.28 bits per heavy atom. The van der Waals surface area contributed by atoms with Crippen molar-refractivity contribution in [2.45, 2.75) is 258 Å². The summed E-state index contributed by atoms with van der Waals surface area (Å²) in [6, 6.07) is 0. The maximum atomic E-state index is 12.7.